The van der Waals surface area contributed by atoms with Gasteiger partial charge in [0.25, 0.3) is 0 Å². The highest BCUT2D eigenvalue weighted by molar-refractivity contribution is 5.73. The Hall–Kier alpha value is -2.96. The molecular formula is C32H41N5O. The average molecular weight is 512 g/mol. The molecule has 2 bridgehead atoms. The van der Waals surface area contributed by atoms with Crippen LogP contribution in [-0.2, 0) is 24.3 Å². The summed E-state index contributed by atoms with van der Waals surface area (Å²) in [6.45, 7) is 7.96. The zero-order valence-electron chi connectivity index (χ0n) is 22.9. The third kappa shape index (κ3) is 5.29. The van der Waals surface area contributed by atoms with E-state index in [2.05, 4.69) is 81.2 Å². The van der Waals surface area contributed by atoms with Crippen LogP contribution in [0.25, 0.3) is 0 Å². The Bertz CT molecular complexity index is 1230. The highest BCUT2D eigenvalue weighted by Crippen LogP contribution is 2.43. The lowest BCUT2D eigenvalue weighted by Crippen LogP contribution is -2.45. The Morgan fingerprint density at radius 1 is 1.00 bits per heavy atom. The molecule has 200 valence electrons. The predicted octanol–water partition coefficient (Wildman–Crippen LogP) is 5.19. The quantitative estimate of drug-likeness (QED) is 0.453. The molecule has 0 saturated carbocycles. The van der Waals surface area contributed by atoms with Crippen molar-refractivity contribution in [2.75, 3.05) is 13.1 Å². The first kappa shape index (κ1) is 25.3. The van der Waals surface area contributed by atoms with Crippen LogP contribution in [0.3, 0.4) is 0 Å². The average Bonchev–Trinajstić information content (AvgIpc) is 3.37. The van der Waals surface area contributed by atoms with Gasteiger partial charge >= 0.3 is 0 Å². The molecule has 0 spiro atoms. The van der Waals surface area contributed by atoms with Crippen LogP contribution in [0.15, 0.2) is 60.7 Å². The topological polar surface area (TPSA) is 53.4 Å². The second-order valence-electron chi connectivity index (χ2n) is 11.6. The number of rotatable bonds is 8. The van der Waals surface area contributed by atoms with E-state index >= 15 is 0 Å². The molecule has 0 unspecified atom stereocenters. The summed E-state index contributed by atoms with van der Waals surface area (Å²) >= 11 is 0. The summed E-state index contributed by atoms with van der Waals surface area (Å²) in [4.78, 5) is 22.3. The molecule has 4 atom stereocenters. The standard InChI is InChI=1S/C32H41N5O/c1-23-33-31-15-17-35(21-25-9-5-3-6-10-25)22-32(31)37(23)29-19-27-13-14-28(20-29)36(27)18-16-30(34-24(2)38)26-11-7-4-8-12-26/h3-12,27-30H,13-22H2,1-2H3,(H,34,38)/t27-,28+,29+,30-/m0/s1. The third-order valence-electron chi connectivity index (χ3n) is 9.04. The van der Waals surface area contributed by atoms with Crippen molar-refractivity contribution in [3.8, 4) is 0 Å². The Balaban J connectivity index is 1.13. The molecule has 2 fully saturated rings. The number of hydrogen-bond donors (Lipinski definition) is 1. The zero-order chi connectivity index (χ0) is 26.1. The van der Waals surface area contributed by atoms with E-state index in [1.54, 1.807) is 6.92 Å². The maximum atomic E-state index is 11.9. The molecule has 6 rings (SSSR count). The van der Waals surface area contributed by atoms with Gasteiger partial charge in [0.15, 0.2) is 0 Å². The summed E-state index contributed by atoms with van der Waals surface area (Å²) in [6, 6.07) is 23.1. The fourth-order valence-electron chi connectivity index (χ4n) is 7.38. The van der Waals surface area contributed by atoms with Gasteiger partial charge in [0.1, 0.15) is 5.82 Å². The molecule has 1 N–H and O–H groups in total. The molecule has 1 amide bonds. The van der Waals surface area contributed by atoms with E-state index in [1.165, 1.54) is 54.0 Å². The molecule has 2 aromatic carbocycles. The van der Waals surface area contributed by atoms with E-state index in [4.69, 9.17) is 4.98 Å². The maximum Gasteiger partial charge on any atom is 0.217 e. The number of carbonyl (C=O) groups is 1. The summed E-state index contributed by atoms with van der Waals surface area (Å²) in [7, 11) is 0. The number of aryl methyl sites for hydroxylation is 1. The lowest BCUT2D eigenvalue weighted by atomic mass is 9.95. The Morgan fingerprint density at radius 2 is 1.68 bits per heavy atom. The maximum absolute atomic E-state index is 11.9. The predicted molar refractivity (Wildman–Crippen MR) is 151 cm³/mol. The lowest BCUT2D eigenvalue weighted by Gasteiger charge is -2.41. The van der Waals surface area contributed by atoms with Crippen LogP contribution >= 0.6 is 0 Å². The van der Waals surface area contributed by atoms with Crippen LogP contribution in [-0.4, -0.2) is 50.4 Å². The number of nitrogens with zero attached hydrogens (tertiary/aromatic N) is 4. The number of piperidine rings is 1. The molecule has 4 heterocycles. The summed E-state index contributed by atoms with van der Waals surface area (Å²) in [6.07, 6.45) is 6.98. The van der Waals surface area contributed by atoms with Crippen molar-refractivity contribution in [3.63, 3.8) is 0 Å². The SMILES string of the molecule is CC(=O)N[C@@H](CCN1[C@@H]2CC[C@H]1C[C@@H](n1c(C)nc3c1CN(Cc1ccccc1)CC3)C2)c1ccccc1. The molecule has 3 aromatic rings. The van der Waals surface area contributed by atoms with Crippen molar-refractivity contribution in [1.82, 2.24) is 24.7 Å². The number of fused-ring (bicyclic) bond motifs is 3. The summed E-state index contributed by atoms with van der Waals surface area (Å²) in [5.74, 6) is 1.24. The number of hydrogen-bond acceptors (Lipinski definition) is 4. The van der Waals surface area contributed by atoms with E-state index in [-0.39, 0.29) is 11.9 Å². The minimum absolute atomic E-state index is 0.0437. The van der Waals surface area contributed by atoms with E-state index < -0.39 is 0 Å². The Labute approximate surface area is 227 Å². The van der Waals surface area contributed by atoms with E-state index in [0.717, 1.165) is 39.0 Å². The van der Waals surface area contributed by atoms with Crippen molar-refractivity contribution >= 4 is 5.91 Å². The Morgan fingerprint density at radius 3 is 2.37 bits per heavy atom. The van der Waals surface area contributed by atoms with Gasteiger partial charge in [-0.1, -0.05) is 60.7 Å². The van der Waals surface area contributed by atoms with Crippen molar-refractivity contribution < 1.29 is 4.79 Å². The number of carbonyl (C=O) groups excluding carboxylic acids is 1. The lowest BCUT2D eigenvalue weighted by molar-refractivity contribution is -0.119. The van der Waals surface area contributed by atoms with Crippen molar-refractivity contribution in [1.29, 1.82) is 0 Å². The minimum atomic E-state index is 0.0437. The molecule has 6 nitrogen and oxygen atoms in total. The Kier molecular flexibility index (Phi) is 7.35. The van der Waals surface area contributed by atoms with Gasteiger partial charge in [-0.05, 0) is 50.2 Å². The van der Waals surface area contributed by atoms with Crippen LogP contribution in [0.4, 0.5) is 0 Å². The fourth-order valence-corrected chi connectivity index (χ4v) is 7.38. The number of imidazole rings is 1. The molecule has 3 aliphatic rings. The highest BCUT2D eigenvalue weighted by atomic mass is 16.1. The van der Waals surface area contributed by atoms with Crippen LogP contribution in [0.1, 0.15) is 79.5 Å². The molecule has 3 aliphatic heterocycles. The van der Waals surface area contributed by atoms with Gasteiger partial charge in [0.2, 0.25) is 5.91 Å². The minimum Gasteiger partial charge on any atom is -0.349 e. The molecular weight excluding hydrogens is 470 g/mol. The number of aromatic nitrogens is 2. The third-order valence-corrected chi connectivity index (χ3v) is 9.04. The second kappa shape index (κ2) is 11.0. The monoisotopic (exact) mass is 511 g/mol. The van der Waals surface area contributed by atoms with E-state index in [1.807, 2.05) is 6.07 Å². The van der Waals surface area contributed by atoms with E-state index in [9.17, 15) is 4.79 Å². The molecule has 0 radical (unpaired) electrons. The van der Waals surface area contributed by atoms with Crippen LogP contribution in [0.2, 0.25) is 0 Å². The number of benzene rings is 2. The molecule has 0 aliphatic carbocycles. The molecule has 38 heavy (non-hydrogen) atoms. The van der Waals surface area contributed by atoms with Crippen LogP contribution in [0.5, 0.6) is 0 Å². The largest absolute Gasteiger partial charge is 0.349 e. The fraction of sp³-hybridized carbons (Fsp3) is 0.500. The van der Waals surface area contributed by atoms with Gasteiger partial charge in [-0.15, -0.1) is 0 Å². The van der Waals surface area contributed by atoms with Gasteiger partial charge in [-0.25, -0.2) is 4.98 Å². The van der Waals surface area contributed by atoms with Gasteiger partial charge in [0.05, 0.1) is 17.4 Å². The van der Waals surface area contributed by atoms with Gasteiger partial charge in [0, 0.05) is 57.6 Å². The van der Waals surface area contributed by atoms with Crippen LogP contribution < -0.4 is 5.32 Å². The zero-order valence-corrected chi connectivity index (χ0v) is 22.9. The molecule has 6 heteroatoms. The van der Waals surface area contributed by atoms with Crippen LogP contribution in [0, 0.1) is 6.92 Å². The van der Waals surface area contributed by atoms with Gasteiger partial charge in [-0.3, -0.25) is 14.6 Å². The second-order valence-corrected chi connectivity index (χ2v) is 11.6. The molecule has 2 saturated heterocycles. The first-order valence-corrected chi connectivity index (χ1v) is 14.5. The van der Waals surface area contributed by atoms with Crippen molar-refractivity contribution in [2.45, 2.75) is 89.6 Å². The summed E-state index contributed by atoms with van der Waals surface area (Å²) in [5.41, 5.74) is 5.36. The number of amides is 1. The smallest absolute Gasteiger partial charge is 0.217 e. The van der Waals surface area contributed by atoms with Gasteiger partial charge in [-0.2, -0.15) is 0 Å². The van der Waals surface area contributed by atoms with Gasteiger partial charge < -0.3 is 9.88 Å². The van der Waals surface area contributed by atoms with E-state index in [0.29, 0.717) is 18.1 Å². The summed E-state index contributed by atoms with van der Waals surface area (Å²) < 4.78 is 2.62. The van der Waals surface area contributed by atoms with Crippen molar-refractivity contribution in [3.05, 3.63) is 89.0 Å². The van der Waals surface area contributed by atoms with Crippen molar-refractivity contribution in [2.24, 2.45) is 0 Å². The normalized spacial score (nSPS) is 24.2. The molecule has 1 aromatic heterocycles. The first-order valence-electron chi connectivity index (χ1n) is 14.5. The first-order chi connectivity index (χ1) is 18.5. The summed E-state index contributed by atoms with van der Waals surface area (Å²) in [5, 5.41) is 3.20. The number of nitrogens with one attached hydrogen (secondary N) is 1. The highest BCUT2D eigenvalue weighted by Gasteiger charge is 2.42.